The van der Waals surface area contributed by atoms with E-state index in [4.69, 9.17) is 16.1 Å². The largest absolute Gasteiger partial charge is 0.337 e. The quantitative estimate of drug-likeness (QED) is 0.702. The summed E-state index contributed by atoms with van der Waals surface area (Å²) in [5.74, 6) is 0.812. The summed E-state index contributed by atoms with van der Waals surface area (Å²) in [4.78, 5) is 18.6. The molecule has 0 spiro atoms. The fourth-order valence-electron chi connectivity index (χ4n) is 2.29. The molecule has 1 amide bonds. The molecule has 2 aromatic carbocycles. The van der Waals surface area contributed by atoms with Gasteiger partial charge in [-0.05, 0) is 31.2 Å². The number of carbonyl (C=O) groups is 1. The van der Waals surface area contributed by atoms with E-state index < -0.39 is 0 Å². The summed E-state index contributed by atoms with van der Waals surface area (Å²) < 4.78 is 5.28. The first-order valence-electron chi connectivity index (χ1n) is 7.60. The fourth-order valence-corrected chi connectivity index (χ4v) is 2.42. The number of rotatable bonds is 5. The van der Waals surface area contributed by atoms with Gasteiger partial charge in [-0.15, -0.1) is 0 Å². The third kappa shape index (κ3) is 3.63. The highest BCUT2D eigenvalue weighted by atomic mass is 35.5. The topological polar surface area (TPSA) is 59.2 Å². The average molecular weight is 342 g/mol. The summed E-state index contributed by atoms with van der Waals surface area (Å²) in [7, 11) is 0. The van der Waals surface area contributed by atoms with Crippen molar-refractivity contribution < 1.29 is 9.32 Å². The monoisotopic (exact) mass is 341 g/mol. The van der Waals surface area contributed by atoms with Crippen molar-refractivity contribution in [2.75, 3.05) is 6.54 Å². The van der Waals surface area contributed by atoms with Crippen molar-refractivity contribution >= 4 is 17.5 Å². The summed E-state index contributed by atoms with van der Waals surface area (Å²) in [5.41, 5.74) is 1.45. The van der Waals surface area contributed by atoms with E-state index in [1.807, 2.05) is 37.3 Å². The molecule has 0 atom stereocenters. The molecule has 0 saturated heterocycles. The van der Waals surface area contributed by atoms with E-state index in [0.717, 1.165) is 5.56 Å². The lowest BCUT2D eigenvalue weighted by molar-refractivity contribution is 0.0734. The first-order valence-corrected chi connectivity index (χ1v) is 7.98. The summed E-state index contributed by atoms with van der Waals surface area (Å²) in [6.07, 6.45) is 0. The van der Waals surface area contributed by atoms with Gasteiger partial charge in [0.2, 0.25) is 11.7 Å². The van der Waals surface area contributed by atoms with E-state index in [2.05, 4.69) is 10.1 Å². The van der Waals surface area contributed by atoms with Crippen LogP contribution in [0.25, 0.3) is 11.4 Å². The summed E-state index contributed by atoms with van der Waals surface area (Å²) in [6, 6.07) is 16.4. The Balaban J connectivity index is 1.75. The molecule has 3 aromatic rings. The maximum absolute atomic E-state index is 12.6. The summed E-state index contributed by atoms with van der Waals surface area (Å²) >= 11 is 5.86. The standard InChI is InChI=1S/C18H16ClN3O2/c1-2-22(18(23)14-8-10-15(19)11-9-14)12-16-20-17(21-24-16)13-6-4-3-5-7-13/h3-11H,2,12H2,1H3. The number of benzene rings is 2. The Morgan fingerprint density at radius 1 is 1.12 bits per heavy atom. The molecule has 0 unspecified atom stereocenters. The Labute approximate surface area is 144 Å². The molecule has 6 heteroatoms. The lowest BCUT2D eigenvalue weighted by atomic mass is 10.2. The van der Waals surface area contributed by atoms with E-state index >= 15 is 0 Å². The second-order valence-electron chi connectivity index (χ2n) is 5.20. The van der Waals surface area contributed by atoms with Crippen molar-refractivity contribution in [2.24, 2.45) is 0 Å². The van der Waals surface area contributed by atoms with Crippen LogP contribution in [0.2, 0.25) is 5.02 Å². The molecular formula is C18H16ClN3O2. The van der Waals surface area contributed by atoms with E-state index in [0.29, 0.717) is 28.8 Å². The van der Waals surface area contributed by atoms with Gasteiger partial charge in [0.05, 0.1) is 0 Å². The maximum Gasteiger partial charge on any atom is 0.254 e. The van der Waals surface area contributed by atoms with Gasteiger partial charge in [-0.3, -0.25) is 4.79 Å². The zero-order valence-corrected chi connectivity index (χ0v) is 13.9. The number of carbonyl (C=O) groups excluding carboxylic acids is 1. The first-order chi connectivity index (χ1) is 11.7. The fraction of sp³-hybridized carbons (Fsp3) is 0.167. The van der Waals surface area contributed by atoms with Crippen molar-refractivity contribution in [3.05, 3.63) is 71.1 Å². The van der Waals surface area contributed by atoms with E-state index in [1.54, 1.807) is 29.2 Å². The number of amides is 1. The van der Waals surface area contributed by atoms with E-state index in [-0.39, 0.29) is 12.5 Å². The zero-order valence-electron chi connectivity index (χ0n) is 13.1. The zero-order chi connectivity index (χ0) is 16.9. The molecule has 0 radical (unpaired) electrons. The molecule has 1 heterocycles. The van der Waals surface area contributed by atoms with Gasteiger partial charge >= 0.3 is 0 Å². The summed E-state index contributed by atoms with van der Waals surface area (Å²) in [6.45, 7) is 2.70. The Morgan fingerprint density at radius 2 is 1.83 bits per heavy atom. The highest BCUT2D eigenvalue weighted by Crippen LogP contribution is 2.17. The van der Waals surface area contributed by atoms with Gasteiger partial charge in [-0.25, -0.2) is 0 Å². The van der Waals surface area contributed by atoms with E-state index in [1.165, 1.54) is 0 Å². The minimum atomic E-state index is -0.103. The van der Waals surface area contributed by atoms with Crippen LogP contribution in [0, 0.1) is 0 Å². The van der Waals surface area contributed by atoms with Crippen LogP contribution in [0.4, 0.5) is 0 Å². The van der Waals surface area contributed by atoms with Gasteiger partial charge in [0.25, 0.3) is 5.91 Å². The molecule has 0 aliphatic heterocycles. The predicted octanol–water partition coefficient (Wildman–Crippen LogP) is 4.05. The Bertz CT molecular complexity index is 816. The van der Waals surface area contributed by atoms with Crippen LogP contribution >= 0.6 is 11.6 Å². The molecule has 1 aromatic heterocycles. The third-order valence-electron chi connectivity index (χ3n) is 3.59. The van der Waals surface area contributed by atoms with E-state index in [9.17, 15) is 4.79 Å². The van der Waals surface area contributed by atoms with Crippen LogP contribution in [-0.2, 0) is 6.54 Å². The Morgan fingerprint density at radius 3 is 2.50 bits per heavy atom. The molecule has 0 aliphatic rings. The van der Waals surface area contributed by atoms with Gasteiger partial charge in [-0.2, -0.15) is 4.98 Å². The number of aromatic nitrogens is 2. The van der Waals surface area contributed by atoms with Gasteiger partial charge in [0.15, 0.2) is 0 Å². The van der Waals surface area contributed by atoms with Crippen LogP contribution < -0.4 is 0 Å². The van der Waals surface area contributed by atoms with Crippen LogP contribution in [0.1, 0.15) is 23.2 Å². The minimum absolute atomic E-state index is 0.103. The first kappa shape index (κ1) is 16.2. The van der Waals surface area contributed by atoms with Crippen molar-refractivity contribution in [1.29, 1.82) is 0 Å². The Hall–Kier alpha value is -2.66. The van der Waals surface area contributed by atoms with Gasteiger partial charge < -0.3 is 9.42 Å². The van der Waals surface area contributed by atoms with Crippen LogP contribution in [0.5, 0.6) is 0 Å². The molecule has 3 rings (SSSR count). The summed E-state index contributed by atoms with van der Waals surface area (Å²) in [5, 5.41) is 4.57. The third-order valence-corrected chi connectivity index (χ3v) is 3.84. The predicted molar refractivity (Wildman–Crippen MR) is 91.6 cm³/mol. The molecule has 0 saturated carbocycles. The highest BCUT2D eigenvalue weighted by Gasteiger charge is 2.18. The minimum Gasteiger partial charge on any atom is -0.337 e. The molecule has 24 heavy (non-hydrogen) atoms. The number of halogens is 1. The second-order valence-corrected chi connectivity index (χ2v) is 5.64. The Kier molecular flexibility index (Phi) is 4.91. The van der Waals surface area contributed by atoms with Gasteiger partial charge in [0.1, 0.15) is 6.54 Å². The smallest absolute Gasteiger partial charge is 0.254 e. The molecule has 0 aliphatic carbocycles. The molecule has 0 fully saturated rings. The van der Waals surface area contributed by atoms with Crippen molar-refractivity contribution in [1.82, 2.24) is 15.0 Å². The highest BCUT2D eigenvalue weighted by molar-refractivity contribution is 6.30. The van der Waals surface area contributed by atoms with Crippen molar-refractivity contribution in [3.63, 3.8) is 0 Å². The number of hydrogen-bond acceptors (Lipinski definition) is 4. The van der Waals surface area contributed by atoms with Crippen LogP contribution in [-0.4, -0.2) is 27.5 Å². The molecule has 0 N–H and O–H groups in total. The van der Waals surface area contributed by atoms with Crippen LogP contribution in [0.3, 0.4) is 0 Å². The molecule has 0 bridgehead atoms. The van der Waals surface area contributed by atoms with Gasteiger partial charge in [0, 0.05) is 22.7 Å². The number of nitrogens with zero attached hydrogens (tertiary/aromatic N) is 3. The molecule has 122 valence electrons. The lowest BCUT2D eigenvalue weighted by Crippen LogP contribution is -2.30. The molecular weight excluding hydrogens is 326 g/mol. The maximum atomic E-state index is 12.6. The SMILES string of the molecule is CCN(Cc1nc(-c2ccccc2)no1)C(=O)c1ccc(Cl)cc1. The average Bonchev–Trinajstić information content (AvgIpc) is 3.09. The number of hydrogen-bond donors (Lipinski definition) is 0. The lowest BCUT2D eigenvalue weighted by Gasteiger charge is -2.18. The van der Waals surface area contributed by atoms with Crippen molar-refractivity contribution in [3.8, 4) is 11.4 Å². The van der Waals surface area contributed by atoms with Crippen molar-refractivity contribution in [2.45, 2.75) is 13.5 Å². The second kappa shape index (κ2) is 7.27. The van der Waals surface area contributed by atoms with Crippen LogP contribution in [0.15, 0.2) is 59.1 Å². The normalized spacial score (nSPS) is 10.6. The van der Waals surface area contributed by atoms with Gasteiger partial charge in [-0.1, -0.05) is 47.1 Å². The molecule has 5 nitrogen and oxygen atoms in total.